The quantitative estimate of drug-likeness (QED) is 0.455. The largest absolute Gasteiger partial charge is 0.382 e. The third kappa shape index (κ3) is 6.50. The molecular formula is C14H27BrO3. The van der Waals surface area contributed by atoms with Gasteiger partial charge in [-0.15, -0.1) is 0 Å². The molecule has 0 amide bonds. The first-order valence-corrected chi connectivity index (χ1v) is 8.15. The van der Waals surface area contributed by atoms with Gasteiger partial charge in [-0.2, -0.15) is 0 Å². The summed E-state index contributed by atoms with van der Waals surface area (Å²) < 4.78 is 16.2. The van der Waals surface area contributed by atoms with Gasteiger partial charge in [0.1, 0.15) is 0 Å². The lowest BCUT2D eigenvalue weighted by atomic mass is 9.76. The smallest absolute Gasteiger partial charge is 0.0700 e. The zero-order valence-corrected chi connectivity index (χ0v) is 13.2. The zero-order chi connectivity index (χ0) is 13.1. The van der Waals surface area contributed by atoms with E-state index in [4.69, 9.17) is 14.2 Å². The van der Waals surface area contributed by atoms with E-state index in [1.807, 2.05) is 0 Å². The summed E-state index contributed by atoms with van der Waals surface area (Å²) in [6.07, 6.45) is 7.69. The van der Waals surface area contributed by atoms with Gasteiger partial charge in [0, 0.05) is 31.1 Å². The molecule has 1 aliphatic carbocycles. The molecule has 1 aliphatic rings. The van der Waals surface area contributed by atoms with Crippen LogP contribution in [0.2, 0.25) is 0 Å². The highest BCUT2D eigenvalue weighted by atomic mass is 79.9. The number of hydrogen-bond acceptors (Lipinski definition) is 3. The predicted molar refractivity (Wildman–Crippen MR) is 77.4 cm³/mol. The summed E-state index contributed by atoms with van der Waals surface area (Å²) in [6.45, 7) is 3.83. The first kappa shape index (κ1) is 16.4. The molecule has 0 bridgehead atoms. The number of ether oxygens (including phenoxy) is 3. The Morgan fingerprint density at radius 3 is 2.33 bits per heavy atom. The van der Waals surface area contributed by atoms with Gasteiger partial charge in [0.05, 0.1) is 19.8 Å². The first-order chi connectivity index (χ1) is 8.83. The van der Waals surface area contributed by atoms with E-state index in [-0.39, 0.29) is 0 Å². The molecule has 0 unspecified atom stereocenters. The van der Waals surface area contributed by atoms with E-state index < -0.39 is 0 Å². The van der Waals surface area contributed by atoms with E-state index in [0.29, 0.717) is 18.6 Å². The van der Waals surface area contributed by atoms with Gasteiger partial charge in [-0.1, -0.05) is 35.2 Å². The summed E-state index contributed by atoms with van der Waals surface area (Å²) in [4.78, 5) is 0. The Morgan fingerprint density at radius 1 is 0.944 bits per heavy atom. The zero-order valence-electron chi connectivity index (χ0n) is 11.6. The van der Waals surface area contributed by atoms with E-state index in [9.17, 15) is 0 Å². The Labute approximate surface area is 120 Å². The number of methoxy groups -OCH3 is 1. The highest BCUT2D eigenvalue weighted by molar-refractivity contribution is 9.09. The van der Waals surface area contributed by atoms with E-state index in [1.165, 1.54) is 32.1 Å². The Hall–Kier alpha value is 0.360. The van der Waals surface area contributed by atoms with E-state index in [2.05, 4.69) is 15.9 Å². The molecule has 1 fully saturated rings. The molecule has 1 saturated carbocycles. The van der Waals surface area contributed by atoms with Crippen LogP contribution in [-0.2, 0) is 14.2 Å². The SMILES string of the molecule is COCCOCCCOCC1(CBr)CCCCC1. The van der Waals surface area contributed by atoms with Crippen LogP contribution >= 0.6 is 15.9 Å². The minimum Gasteiger partial charge on any atom is -0.382 e. The molecule has 0 spiro atoms. The molecule has 0 N–H and O–H groups in total. The maximum atomic E-state index is 5.83. The fourth-order valence-corrected chi connectivity index (χ4v) is 3.14. The second kappa shape index (κ2) is 10.2. The molecule has 3 nitrogen and oxygen atoms in total. The molecule has 0 radical (unpaired) electrons. The van der Waals surface area contributed by atoms with Crippen molar-refractivity contribution in [2.24, 2.45) is 5.41 Å². The number of alkyl halides is 1. The Balaban J connectivity index is 1.98. The highest BCUT2D eigenvalue weighted by Gasteiger charge is 2.30. The van der Waals surface area contributed by atoms with Crippen LogP contribution in [0.1, 0.15) is 38.5 Å². The molecule has 0 aromatic heterocycles. The van der Waals surface area contributed by atoms with Crippen LogP contribution in [0.4, 0.5) is 0 Å². The lowest BCUT2D eigenvalue weighted by Gasteiger charge is -2.35. The standard InChI is InChI=1S/C14H27BrO3/c1-16-10-11-17-8-5-9-18-13-14(12-15)6-3-2-4-7-14/h2-13H2,1H3. The fourth-order valence-electron chi connectivity index (χ4n) is 2.41. The van der Waals surface area contributed by atoms with Crippen LogP contribution in [0.25, 0.3) is 0 Å². The van der Waals surface area contributed by atoms with Gasteiger partial charge in [-0.3, -0.25) is 0 Å². The van der Waals surface area contributed by atoms with Gasteiger partial charge < -0.3 is 14.2 Å². The van der Waals surface area contributed by atoms with Crippen molar-refractivity contribution in [1.29, 1.82) is 0 Å². The summed E-state index contributed by atoms with van der Waals surface area (Å²) in [5.41, 5.74) is 0.398. The van der Waals surface area contributed by atoms with Crippen LogP contribution in [-0.4, -0.2) is 45.5 Å². The molecule has 0 aliphatic heterocycles. The maximum absolute atomic E-state index is 5.83. The van der Waals surface area contributed by atoms with Crippen molar-refractivity contribution in [3.8, 4) is 0 Å². The van der Waals surface area contributed by atoms with E-state index in [0.717, 1.165) is 31.6 Å². The lowest BCUT2D eigenvalue weighted by Crippen LogP contribution is -2.31. The molecule has 0 heterocycles. The van der Waals surface area contributed by atoms with Crippen LogP contribution < -0.4 is 0 Å². The van der Waals surface area contributed by atoms with Gasteiger partial charge in [0.25, 0.3) is 0 Å². The molecule has 0 saturated heterocycles. The van der Waals surface area contributed by atoms with Crippen molar-refractivity contribution < 1.29 is 14.2 Å². The summed E-state index contributed by atoms with van der Waals surface area (Å²) >= 11 is 3.66. The molecule has 18 heavy (non-hydrogen) atoms. The maximum Gasteiger partial charge on any atom is 0.0700 e. The first-order valence-electron chi connectivity index (χ1n) is 7.03. The average molecular weight is 323 g/mol. The molecule has 0 atom stereocenters. The van der Waals surface area contributed by atoms with Crippen LogP contribution in [0.5, 0.6) is 0 Å². The van der Waals surface area contributed by atoms with Crippen LogP contribution in [0, 0.1) is 5.41 Å². The van der Waals surface area contributed by atoms with Crippen molar-refractivity contribution in [3.05, 3.63) is 0 Å². The molecular weight excluding hydrogens is 296 g/mol. The minimum atomic E-state index is 0.398. The number of hydrogen-bond donors (Lipinski definition) is 0. The second-order valence-electron chi connectivity index (χ2n) is 5.21. The predicted octanol–water partition coefficient (Wildman–Crippen LogP) is 3.40. The summed E-state index contributed by atoms with van der Waals surface area (Å²) in [5, 5.41) is 1.07. The van der Waals surface area contributed by atoms with Crippen molar-refractivity contribution in [2.75, 3.05) is 45.5 Å². The summed E-state index contributed by atoms with van der Waals surface area (Å²) in [7, 11) is 1.69. The lowest BCUT2D eigenvalue weighted by molar-refractivity contribution is 0.0161. The molecule has 1 rings (SSSR count). The molecule has 108 valence electrons. The van der Waals surface area contributed by atoms with Gasteiger partial charge in [0.2, 0.25) is 0 Å². The Bertz CT molecular complexity index is 193. The summed E-state index contributed by atoms with van der Waals surface area (Å²) in [6, 6.07) is 0. The van der Waals surface area contributed by atoms with Crippen molar-refractivity contribution in [1.82, 2.24) is 0 Å². The topological polar surface area (TPSA) is 27.7 Å². The second-order valence-corrected chi connectivity index (χ2v) is 5.77. The molecule has 0 aromatic rings. The van der Waals surface area contributed by atoms with Crippen LogP contribution in [0.3, 0.4) is 0 Å². The van der Waals surface area contributed by atoms with Crippen LogP contribution in [0.15, 0.2) is 0 Å². The van der Waals surface area contributed by atoms with E-state index in [1.54, 1.807) is 7.11 Å². The van der Waals surface area contributed by atoms with Crippen molar-refractivity contribution in [3.63, 3.8) is 0 Å². The normalized spacial score (nSPS) is 19.0. The number of halogens is 1. The summed E-state index contributed by atoms with van der Waals surface area (Å²) in [5.74, 6) is 0. The van der Waals surface area contributed by atoms with E-state index >= 15 is 0 Å². The fraction of sp³-hybridized carbons (Fsp3) is 1.00. The van der Waals surface area contributed by atoms with Crippen molar-refractivity contribution in [2.45, 2.75) is 38.5 Å². The minimum absolute atomic E-state index is 0.398. The van der Waals surface area contributed by atoms with Gasteiger partial charge in [-0.05, 0) is 19.3 Å². The Morgan fingerprint density at radius 2 is 1.67 bits per heavy atom. The molecule has 0 aromatic carbocycles. The third-order valence-corrected chi connectivity index (χ3v) is 4.80. The monoisotopic (exact) mass is 322 g/mol. The average Bonchev–Trinajstić information content (AvgIpc) is 2.43. The van der Waals surface area contributed by atoms with Gasteiger partial charge >= 0.3 is 0 Å². The Kier molecular flexibility index (Phi) is 9.29. The number of rotatable bonds is 10. The van der Waals surface area contributed by atoms with Crippen molar-refractivity contribution >= 4 is 15.9 Å². The van der Waals surface area contributed by atoms with Gasteiger partial charge in [0.15, 0.2) is 0 Å². The third-order valence-electron chi connectivity index (χ3n) is 3.62. The molecule has 4 heteroatoms. The van der Waals surface area contributed by atoms with Gasteiger partial charge in [-0.25, -0.2) is 0 Å². The highest BCUT2D eigenvalue weighted by Crippen LogP contribution is 2.38.